The number of nitrogens with zero attached hydrogens (tertiary/aromatic N) is 8. The summed E-state index contributed by atoms with van der Waals surface area (Å²) in [4.78, 5) is 11.5. The normalized spacial score (nSPS) is 16.6. The summed E-state index contributed by atoms with van der Waals surface area (Å²) in [5, 5.41) is 33.3. The highest BCUT2D eigenvalue weighted by molar-refractivity contribution is 5.81. The molecule has 1 aliphatic rings. The number of rotatable bonds is 4. The number of nitriles is 2. The average molecular weight is 438 g/mol. The molecule has 1 unspecified atom stereocenters. The number of hydrogen-bond donors (Lipinski definition) is 1. The topological polar surface area (TPSA) is 120 Å². The Morgan fingerprint density at radius 3 is 2.76 bits per heavy atom. The van der Waals surface area contributed by atoms with Crippen LogP contribution >= 0.6 is 0 Å². The second-order valence-electron chi connectivity index (χ2n) is 8.22. The summed E-state index contributed by atoms with van der Waals surface area (Å²) in [6.45, 7) is 4.38. The van der Waals surface area contributed by atoms with Crippen LogP contribution in [0.15, 0.2) is 42.7 Å². The Bertz CT molecular complexity index is 1440. The molecule has 9 nitrogen and oxygen atoms in total. The van der Waals surface area contributed by atoms with E-state index in [-0.39, 0.29) is 11.7 Å². The van der Waals surface area contributed by atoms with Gasteiger partial charge in [-0.1, -0.05) is 0 Å². The summed E-state index contributed by atoms with van der Waals surface area (Å²) in [5.41, 5.74) is 4.32. The van der Waals surface area contributed by atoms with Crippen LogP contribution in [0.2, 0.25) is 0 Å². The molecule has 0 amide bonds. The van der Waals surface area contributed by atoms with E-state index in [4.69, 9.17) is 4.98 Å². The van der Waals surface area contributed by atoms with E-state index < -0.39 is 6.10 Å². The van der Waals surface area contributed by atoms with Gasteiger partial charge in [0.2, 0.25) is 0 Å². The van der Waals surface area contributed by atoms with Crippen molar-refractivity contribution < 1.29 is 5.11 Å². The molecule has 3 aromatic heterocycles. The minimum Gasteiger partial charge on any atom is -0.389 e. The predicted molar refractivity (Wildman–Crippen MR) is 122 cm³/mol. The third-order valence-electron chi connectivity index (χ3n) is 6.05. The maximum absolute atomic E-state index is 10.3. The first-order valence-corrected chi connectivity index (χ1v) is 10.8. The molecule has 4 aromatic rings. The van der Waals surface area contributed by atoms with Gasteiger partial charge >= 0.3 is 0 Å². The largest absolute Gasteiger partial charge is 0.389 e. The second kappa shape index (κ2) is 8.05. The Labute approximate surface area is 190 Å². The molecule has 5 rings (SSSR count). The van der Waals surface area contributed by atoms with E-state index in [9.17, 15) is 15.6 Å². The molecule has 33 heavy (non-hydrogen) atoms. The Kier molecular flexibility index (Phi) is 5.04. The molecule has 0 bridgehead atoms. The fraction of sp³-hybridized carbons (Fsp3) is 0.292. The second-order valence-corrected chi connectivity index (χ2v) is 8.22. The van der Waals surface area contributed by atoms with Crippen molar-refractivity contribution in [2.75, 3.05) is 11.4 Å². The zero-order valence-corrected chi connectivity index (χ0v) is 18.3. The molecule has 1 saturated heterocycles. The van der Waals surface area contributed by atoms with Crippen molar-refractivity contribution in [1.29, 1.82) is 10.5 Å². The number of aliphatic hydroxyl groups excluding tert-OH is 1. The highest BCUT2D eigenvalue weighted by Gasteiger charge is 2.25. The van der Waals surface area contributed by atoms with Gasteiger partial charge in [-0.25, -0.2) is 14.6 Å². The Morgan fingerprint density at radius 1 is 1.18 bits per heavy atom. The van der Waals surface area contributed by atoms with Crippen molar-refractivity contribution >= 4 is 16.7 Å². The van der Waals surface area contributed by atoms with Gasteiger partial charge in [0.15, 0.2) is 11.5 Å². The number of aryl methyl sites for hydroxylation is 1. The first-order valence-electron chi connectivity index (χ1n) is 10.8. The zero-order valence-electron chi connectivity index (χ0n) is 18.3. The maximum atomic E-state index is 10.3. The van der Waals surface area contributed by atoms with Crippen LogP contribution in [-0.2, 0) is 0 Å². The van der Waals surface area contributed by atoms with Gasteiger partial charge < -0.3 is 10.0 Å². The zero-order chi connectivity index (χ0) is 23.1. The van der Waals surface area contributed by atoms with Crippen LogP contribution in [0.25, 0.3) is 22.7 Å². The van der Waals surface area contributed by atoms with Gasteiger partial charge in [0, 0.05) is 23.5 Å². The summed E-state index contributed by atoms with van der Waals surface area (Å²) < 4.78 is 3.46. The first-order chi connectivity index (χ1) is 16.0. The van der Waals surface area contributed by atoms with Gasteiger partial charge in [-0.3, -0.25) is 4.57 Å². The number of pyridine rings is 1. The Morgan fingerprint density at radius 2 is 2.03 bits per heavy atom. The lowest BCUT2D eigenvalue weighted by atomic mass is 10.1. The van der Waals surface area contributed by atoms with Gasteiger partial charge in [0.1, 0.15) is 24.3 Å². The number of fused-ring (bicyclic) bond motifs is 1. The van der Waals surface area contributed by atoms with Crippen LogP contribution in [0.5, 0.6) is 0 Å². The van der Waals surface area contributed by atoms with Crippen LogP contribution in [0, 0.1) is 29.6 Å². The van der Waals surface area contributed by atoms with Crippen molar-refractivity contribution in [3.63, 3.8) is 0 Å². The molecule has 0 spiro atoms. The number of aliphatic hydroxyl groups is 1. The van der Waals surface area contributed by atoms with Gasteiger partial charge in [0.05, 0.1) is 23.2 Å². The minimum absolute atomic E-state index is 0.0996. The van der Waals surface area contributed by atoms with Gasteiger partial charge in [0.25, 0.3) is 0 Å². The molecule has 1 N–H and O–H groups in total. The van der Waals surface area contributed by atoms with Crippen LogP contribution < -0.4 is 4.90 Å². The lowest BCUT2D eigenvalue weighted by Gasteiger charge is -2.21. The average Bonchev–Trinajstić information content (AvgIpc) is 3.55. The quantitative estimate of drug-likeness (QED) is 0.519. The van der Waals surface area contributed by atoms with E-state index in [0.717, 1.165) is 41.8 Å². The van der Waals surface area contributed by atoms with Gasteiger partial charge in [-0.15, -0.1) is 0 Å². The summed E-state index contributed by atoms with van der Waals surface area (Å²) in [5.74, 6) is 1.09. The van der Waals surface area contributed by atoms with E-state index in [1.165, 1.54) is 0 Å². The fourth-order valence-corrected chi connectivity index (χ4v) is 4.39. The summed E-state index contributed by atoms with van der Waals surface area (Å²) in [6.07, 6.45) is 2.84. The van der Waals surface area contributed by atoms with Crippen molar-refractivity contribution in [1.82, 2.24) is 24.3 Å². The lowest BCUT2D eigenvalue weighted by molar-refractivity contribution is 0.198. The van der Waals surface area contributed by atoms with E-state index in [1.807, 2.05) is 47.9 Å². The molecule has 1 fully saturated rings. The van der Waals surface area contributed by atoms with Crippen LogP contribution in [-0.4, -0.2) is 42.0 Å². The summed E-state index contributed by atoms with van der Waals surface area (Å²) >= 11 is 0. The lowest BCUT2D eigenvalue weighted by Crippen LogP contribution is -2.27. The number of benzene rings is 1. The van der Waals surface area contributed by atoms with Crippen molar-refractivity contribution in [3.8, 4) is 23.8 Å². The fourth-order valence-electron chi connectivity index (χ4n) is 4.39. The smallest absolute Gasteiger partial charge is 0.163 e. The van der Waals surface area contributed by atoms with Gasteiger partial charge in [-0.2, -0.15) is 15.6 Å². The predicted octanol–water partition coefficient (Wildman–Crippen LogP) is 3.33. The molecule has 4 heterocycles. The Balaban J connectivity index is 1.59. The van der Waals surface area contributed by atoms with Crippen LogP contribution in [0.4, 0.5) is 5.69 Å². The van der Waals surface area contributed by atoms with Crippen molar-refractivity contribution in [3.05, 3.63) is 59.7 Å². The molecular formula is C24H22N8O. The Hall–Kier alpha value is -4.21. The third kappa shape index (κ3) is 3.49. The van der Waals surface area contributed by atoms with E-state index in [0.29, 0.717) is 17.2 Å². The molecule has 164 valence electrons. The molecule has 9 heteroatoms. The molecule has 1 aromatic carbocycles. The van der Waals surface area contributed by atoms with E-state index >= 15 is 0 Å². The highest BCUT2D eigenvalue weighted by atomic mass is 16.3. The van der Waals surface area contributed by atoms with Crippen LogP contribution in [0.3, 0.4) is 0 Å². The molecular weight excluding hydrogens is 416 g/mol. The monoisotopic (exact) mass is 438 g/mol. The van der Waals surface area contributed by atoms with Crippen molar-refractivity contribution in [2.45, 2.75) is 38.8 Å². The molecule has 1 aliphatic heterocycles. The van der Waals surface area contributed by atoms with Gasteiger partial charge in [-0.05, 0) is 63.1 Å². The van der Waals surface area contributed by atoms with E-state index in [1.54, 1.807) is 24.0 Å². The molecule has 0 saturated carbocycles. The third-order valence-corrected chi connectivity index (χ3v) is 6.05. The number of aromatic nitrogens is 5. The highest BCUT2D eigenvalue weighted by Crippen LogP contribution is 2.29. The maximum Gasteiger partial charge on any atom is 0.163 e. The SMILES string of the molecule is Cc1cc(C#N)nn1-c1nc(-n2cnc3cc(N4CCC[C@H]4C#N)ccc32)ccc1C(C)O. The minimum atomic E-state index is -0.758. The number of anilines is 1. The number of hydrogen-bond acceptors (Lipinski definition) is 7. The molecule has 0 radical (unpaired) electrons. The summed E-state index contributed by atoms with van der Waals surface area (Å²) in [6, 6.07) is 15.7. The first kappa shape index (κ1) is 20.7. The number of imidazole rings is 1. The summed E-state index contributed by atoms with van der Waals surface area (Å²) in [7, 11) is 0. The molecule has 0 aliphatic carbocycles. The van der Waals surface area contributed by atoms with Crippen LogP contribution in [0.1, 0.15) is 42.8 Å². The van der Waals surface area contributed by atoms with Crippen molar-refractivity contribution in [2.24, 2.45) is 0 Å². The standard InChI is InChI=1S/C24H22N8O/c1-15-10-17(12-25)29-32(15)24-20(16(2)33)6-8-23(28-24)31-14-27-21-11-18(5-7-22(21)31)30-9-3-4-19(30)13-26/h5-8,10-11,14,16,19,33H,3-4,9H2,1-2H3/t16?,19-/m0/s1. The molecule has 2 atom stereocenters. The van der Waals surface area contributed by atoms with E-state index in [2.05, 4.69) is 21.1 Å².